The quantitative estimate of drug-likeness (QED) is 0.583. The molecular weight excluding hydrogens is 214 g/mol. The normalized spacial score (nSPS) is 10.6. The predicted molar refractivity (Wildman–Crippen MR) is 69.7 cm³/mol. The Morgan fingerprint density at radius 3 is 2.82 bits per heavy atom. The van der Waals surface area contributed by atoms with Crippen molar-refractivity contribution >= 4 is 5.78 Å². The largest absolute Gasteiger partial charge is 0.491 e. The Bertz CT molecular complexity index is 361. The average molecular weight is 235 g/mol. The minimum atomic E-state index is 0.127. The van der Waals surface area contributed by atoms with Gasteiger partial charge in [0.2, 0.25) is 0 Å². The maximum atomic E-state index is 11.9. The molecule has 1 N–H and O–H groups in total. The number of carbonyl (C=O) groups is 1. The van der Waals surface area contributed by atoms with E-state index in [0.717, 1.165) is 24.4 Å². The Hall–Kier alpha value is -1.35. The van der Waals surface area contributed by atoms with Gasteiger partial charge in [-0.25, -0.2) is 0 Å². The molecule has 0 aliphatic carbocycles. The maximum absolute atomic E-state index is 11.9. The Morgan fingerprint density at radius 1 is 1.41 bits per heavy atom. The van der Waals surface area contributed by atoms with Gasteiger partial charge in [0, 0.05) is 18.5 Å². The van der Waals surface area contributed by atoms with Gasteiger partial charge in [-0.15, -0.1) is 0 Å². The standard InChI is InChI=1S/C14H21NO2/c1-4-15-9-8-14(16)12-6-5-7-13(10-12)17-11(2)3/h5-7,10-11,15H,4,8-9H2,1-3H3. The van der Waals surface area contributed by atoms with Crippen LogP contribution in [0.4, 0.5) is 0 Å². The van der Waals surface area contributed by atoms with E-state index in [-0.39, 0.29) is 11.9 Å². The summed E-state index contributed by atoms with van der Waals surface area (Å²) < 4.78 is 5.56. The fourth-order valence-corrected chi connectivity index (χ4v) is 1.54. The van der Waals surface area contributed by atoms with Crippen molar-refractivity contribution in [2.75, 3.05) is 13.1 Å². The van der Waals surface area contributed by atoms with Crippen molar-refractivity contribution in [3.8, 4) is 5.75 Å². The lowest BCUT2D eigenvalue weighted by Gasteiger charge is -2.10. The average Bonchev–Trinajstić information content (AvgIpc) is 2.28. The molecule has 0 aliphatic heterocycles. The van der Waals surface area contributed by atoms with Crippen molar-refractivity contribution in [3.05, 3.63) is 29.8 Å². The van der Waals surface area contributed by atoms with Crippen molar-refractivity contribution in [2.24, 2.45) is 0 Å². The Kier molecular flexibility index (Phi) is 5.70. The van der Waals surface area contributed by atoms with E-state index in [0.29, 0.717) is 6.42 Å². The molecule has 0 aliphatic rings. The van der Waals surface area contributed by atoms with Crippen LogP contribution in [0.15, 0.2) is 24.3 Å². The molecule has 17 heavy (non-hydrogen) atoms. The second-order valence-electron chi connectivity index (χ2n) is 4.22. The molecule has 0 radical (unpaired) electrons. The van der Waals surface area contributed by atoms with E-state index in [9.17, 15) is 4.79 Å². The second-order valence-corrected chi connectivity index (χ2v) is 4.22. The lowest BCUT2D eigenvalue weighted by molar-refractivity contribution is 0.0982. The molecule has 3 heteroatoms. The molecule has 0 unspecified atom stereocenters. The number of hydrogen-bond donors (Lipinski definition) is 1. The number of nitrogens with one attached hydrogen (secondary N) is 1. The van der Waals surface area contributed by atoms with Gasteiger partial charge >= 0.3 is 0 Å². The summed E-state index contributed by atoms with van der Waals surface area (Å²) in [6.07, 6.45) is 0.654. The molecule has 0 fully saturated rings. The van der Waals surface area contributed by atoms with Gasteiger partial charge in [0.05, 0.1) is 6.10 Å². The molecule has 94 valence electrons. The number of benzene rings is 1. The summed E-state index contributed by atoms with van der Waals surface area (Å²) in [4.78, 5) is 11.9. The maximum Gasteiger partial charge on any atom is 0.164 e. The van der Waals surface area contributed by atoms with Crippen LogP contribution < -0.4 is 10.1 Å². The number of carbonyl (C=O) groups excluding carboxylic acids is 1. The van der Waals surface area contributed by atoms with Crippen LogP contribution in [0.2, 0.25) is 0 Å². The molecule has 0 amide bonds. The van der Waals surface area contributed by atoms with Crippen LogP contribution in [0.1, 0.15) is 37.6 Å². The third-order valence-corrected chi connectivity index (χ3v) is 2.31. The molecule has 1 rings (SSSR count). The predicted octanol–water partition coefficient (Wildman–Crippen LogP) is 2.66. The van der Waals surface area contributed by atoms with Crippen molar-refractivity contribution in [1.29, 1.82) is 0 Å². The smallest absolute Gasteiger partial charge is 0.164 e. The molecule has 0 aromatic heterocycles. The Labute approximate surface area is 103 Å². The van der Waals surface area contributed by atoms with E-state index in [4.69, 9.17) is 4.74 Å². The summed E-state index contributed by atoms with van der Waals surface area (Å²) >= 11 is 0. The molecule has 3 nitrogen and oxygen atoms in total. The molecule has 0 heterocycles. The first-order chi connectivity index (χ1) is 8.13. The molecule has 0 saturated heterocycles. The third kappa shape index (κ3) is 5.00. The van der Waals surface area contributed by atoms with Crippen LogP contribution in [-0.2, 0) is 0 Å². The summed E-state index contributed by atoms with van der Waals surface area (Å²) in [5.74, 6) is 0.912. The number of hydrogen-bond acceptors (Lipinski definition) is 3. The van der Waals surface area contributed by atoms with E-state index in [1.54, 1.807) is 0 Å². The summed E-state index contributed by atoms with van der Waals surface area (Å²) in [6, 6.07) is 7.38. The summed E-state index contributed by atoms with van der Waals surface area (Å²) in [7, 11) is 0. The SMILES string of the molecule is CCNCCC(=O)c1cccc(OC(C)C)c1. The van der Waals surface area contributed by atoms with Crippen LogP contribution >= 0.6 is 0 Å². The van der Waals surface area contributed by atoms with Crippen LogP contribution in [0.25, 0.3) is 0 Å². The molecule has 0 atom stereocenters. The van der Waals surface area contributed by atoms with Gasteiger partial charge in [0.25, 0.3) is 0 Å². The Morgan fingerprint density at radius 2 is 2.18 bits per heavy atom. The summed E-state index contributed by atoms with van der Waals surface area (Å²) in [5.41, 5.74) is 0.723. The highest BCUT2D eigenvalue weighted by Gasteiger charge is 2.07. The van der Waals surface area contributed by atoms with Crippen molar-refractivity contribution < 1.29 is 9.53 Å². The first-order valence-corrected chi connectivity index (χ1v) is 6.14. The molecule has 1 aromatic carbocycles. The molecular formula is C14H21NO2. The Balaban J connectivity index is 2.60. The van der Waals surface area contributed by atoms with E-state index < -0.39 is 0 Å². The zero-order chi connectivity index (χ0) is 12.7. The van der Waals surface area contributed by atoms with Gasteiger partial charge in [-0.3, -0.25) is 4.79 Å². The van der Waals surface area contributed by atoms with Gasteiger partial charge in [0.1, 0.15) is 5.75 Å². The van der Waals surface area contributed by atoms with Crippen molar-refractivity contribution in [2.45, 2.75) is 33.3 Å². The highest BCUT2D eigenvalue weighted by molar-refractivity contribution is 5.96. The van der Waals surface area contributed by atoms with E-state index in [2.05, 4.69) is 5.32 Å². The minimum absolute atomic E-state index is 0.127. The fraction of sp³-hybridized carbons (Fsp3) is 0.500. The number of Topliss-reactive ketones (excluding diaryl/α,β-unsaturated/α-hetero) is 1. The second kappa shape index (κ2) is 7.07. The topological polar surface area (TPSA) is 38.3 Å². The van der Waals surface area contributed by atoms with Crippen LogP contribution in [0.5, 0.6) is 5.75 Å². The number of rotatable bonds is 7. The first kappa shape index (κ1) is 13.7. The minimum Gasteiger partial charge on any atom is -0.491 e. The van der Waals surface area contributed by atoms with Crippen molar-refractivity contribution in [1.82, 2.24) is 5.32 Å². The molecule has 0 bridgehead atoms. The third-order valence-electron chi connectivity index (χ3n) is 2.31. The fourth-order valence-electron chi connectivity index (χ4n) is 1.54. The van der Waals surface area contributed by atoms with Crippen LogP contribution in [0, 0.1) is 0 Å². The number of ether oxygens (including phenoxy) is 1. The summed E-state index contributed by atoms with van der Waals surface area (Å²) in [6.45, 7) is 7.59. The van der Waals surface area contributed by atoms with Crippen LogP contribution in [0.3, 0.4) is 0 Å². The zero-order valence-corrected chi connectivity index (χ0v) is 10.8. The van der Waals surface area contributed by atoms with Gasteiger partial charge in [-0.1, -0.05) is 19.1 Å². The number of ketones is 1. The van der Waals surface area contributed by atoms with Crippen LogP contribution in [-0.4, -0.2) is 25.0 Å². The van der Waals surface area contributed by atoms with Gasteiger partial charge in [-0.2, -0.15) is 0 Å². The zero-order valence-electron chi connectivity index (χ0n) is 10.8. The summed E-state index contributed by atoms with van der Waals surface area (Å²) in [5, 5.41) is 3.14. The highest BCUT2D eigenvalue weighted by atomic mass is 16.5. The van der Waals surface area contributed by atoms with Gasteiger partial charge in [0.15, 0.2) is 5.78 Å². The molecule has 0 spiro atoms. The van der Waals surface area contributed by atoms with E-state index in [1.165, 1.54) is 0 Å². The molecule has 0 saturated carbocycles. The highest BCUT2D eigenvalue weighted by Crippen LogP contribution is 2.15. The van der Waals surface area contributed by atoms with E-state index >= 15 is 0 Å². The molecule has 1 aromatic rings. The first-order valence-electron chi connectivity index (χ1n) is 6.14. The lowest BCUT2D eigenvalue weighted by atomic mass is 10.1. The van der Waals surface area contributed by atoms with E-state index in [1.807, 2.05) is 45.0 Å². The lowest BCUT2D eigenvalue weighted by Crippen LogP contribution is -2.17. The van der Waals surface area contributed by atoms with Gasteiger partial charge in [-0.05, 0) is 32.5 Å². The monoisotopic (exact) mass is 235 g/mol. The van der Waals surface area contributed by atoms with Crippen molar-refractivity contribution in [3.63, 3.8) is 0 Å². The van der Waals surface area contributed by atoms with Gasteiger partial charge < -0.3 is 10.1 Å².